The molecule has 0 aromatic carbocycles. The Morgan fingerprint density at radius 1 is 1.33 bits per heavy atom. The number of ether oxygens (including phenoxy) is 1. The van der Waals surface area contributed by atoms with E-state index in [4.69, 9.17) is 10.5 Å². The minimum Gasteiger partial charge on any atom is -0.470 e. The van der Waals surface area contributed by atoms with Crippen LogP contribution in [-0.2, 0) is 0 Å². The van der Waals surface area contributed by atoms with E-state index in [-0.39, 0.29) is 5.60 Å². The quantitative estimate of drug-likeness (QED) is 0.843. The van der Waals surface area contributed by atoms with Gasteiger partial charge in [0, 0.05) is 6.54 Å². The standard InChI is InChI=1S/C14H25N3O/c1-10(2)8-9-16-12-7-6-11(15)13(17-12)18-14(3,4)5/h6-7,10H,8-9,15H2,1-5H3,(H,16,17). The Morgan fingerprint density at radius 3 is 2.56 bits per heavy atom. The average Bonchev–Trinajstić information content (AvgIpc) is 2.20. The molecule has 102 valence electrons. The summed E-state index contributed by atoms with van der Waals surface area (Å²) in [5, 5.41) is 3.28. The van der Waals surface area contributed by atoms with Gasteiger partial charge >= 0.3 is 0 Å². The highest BCUT2D eigenvalue weighted by molar-refractivity contribution is 5.53. The smallest absolute Gasteiger partial charge is 0.239 e. The topological polar surface area (TPSA) is 60.2 Å². The van der Waals surface area contributed by atoms with Gasteiger partial charge in [0.1, 0.15) is 11.4 Å². The first-order valence-electron chi connectivity index (χ1n) is 6.47. The highest BCUT2D eigenvalue weighted by Gasteiger charge is 2.15. The average molecular weight is 251 g/mol. The lowest BCUT2D eigenvalue weighted by Gasteiger charge is -2.21. The molecular formula is C14H25N3O. The molecule has 0 spiro atoms. The molecule has 1 rings (SSSR count). The minimum absolute atomic E-state index is 0.294. The number of nitrogens with two attached hydrogens (primary N) is 1. The van der Waals surface area contributed by atoms with Gasteiger partial charge in [-0.05, 0) is 45.2 Å². The predicted molar refractivity (Wildman–Crippen MR) is 77.0 cm³/mol. The molecular weight excluding hydrogens is 226 g/mol. The zero-order chi connectivity index (χ0) is 13.8. The van der Waals surface area contributed by atoms with Gasteiger partial charge in [0.05, 0.1) is 5.69 Å². The van der Waals surface area contributed by atoms with Crippen molar-refractivity contribution < 1.29 is 4.74 Å². The monoisotopic (exact) mass is 251 g/mol. The highest BCUT2D eigenvalue weighted by Crippen LogP contribution is 2.24. The molecule has 0 atom stereocenters. The normalized spacial score (nSPS) is 11.7. The molecule has 0 bridgehead atoms. The molecule has 0 saturated carbocycles. The van der Waals surface area contributed by atoms with Gasteiger partial charge in [-0.3, -0.25) is 0 Å². The van der Waals surface area contributed by atoms with Crippen LogP contribution >= 0.6 is 0 Å². The minimum atomic E-state index is -0.294. The Labute approximate surface area is 110 Å². The van der Waals surface area contributed by atoms with Gasteiger partial charge in [0.15, 0.2) is 0 Å². The highest BCUT2D eigenvalue weighted by atomic mass is 16.5. The Balaban J connectivity index is 2.68. The van der Waals surface area contributed by atoms with Gasteiger partial charge in [0.25, 0.3) is 0 Å². The van der Waals surface area contributed by atoms with E-state index in [9.17, 15) is 0 Å². The molecule has 4 heteroatoms. The first-order chi connectivity index (χ1) is 8.28. The Morgan fingerprint density at radius 2 is 2.00 bits per heavy atom. The van der Waals surface area contributed by atoms with E-state index in [0.29, 0.717) is 17.5 Å². The number of aromatic nitrogens is 1. The van der Waals surface area contributed by atoms with E-state index in [1.165, 1.54) is 0 Å². The fourth-order valence-electron chi connectivity index (χ4n) is 1.41. The summed E-state index contributed by atoms with van der Waals surface area (Å²) in [7, 11) is 0. The van der Waals surface area contributed by atoms with Crippen molar-refractivity contribution in [3.05, 3.63) is 12.1 Å². The van der Waals surface area contributed by atoms with Crippen LogP contribution in [0.5, 0.6) is 5.88 Å². The zero-order valence-corrected chi connectivity index (χ0v) is 12.1. The van der Waals surface area contributed by atoms with Crippen molar-refractivity contribution >= 4 is 11.5 Å². The lowest BCUT2D eigenvalue weighted by atomic mass is 10.1. The summed E-state index contributed by atoms with van der Waals surface area (Å²) < 4.78 is 5.72. The van der Waals surface area contributed by atoms with Crippen LogP contribution in [0.2, 0.25) is 0 Å². The Hall–Kier alpha value is -1.45. The summed E-state index contributed by atoms with van der Waals surface area (Å²) in [5.41, 5.74) is 6.13. The first-order valence-corrected chi connectivity index (χ1v) is 6.47. The largest absolute Gasteiger partial charge is 0.470 e. The summed E-state index contributed by atoms with van der Waals surface area (Å²) in [6.07, 6.45) is 1.11. The van der Waals surface area contributed by atoms with Gasteiger partial charge in [-0.15, -0.1) is 0 Å². The van der Waals surface area contributed by atoms with Crippen LogP contribution in [0.15, 0.2) is 12.1 Å². The second kappa shape index (κ2) is 5.94. The van der Waals surface area contributed by atoms with Crippen LogP contribution < -0.4 is 15.8 Å². The third kappa shape index (κ3) is 5.25. The number of rotatable bonds is 5. The molecule has 1 aromatic heterocycles. The van der Waals surface area contributed by atoms with Crippen molar-refractivity contribution in [1.29, 1.82) is 0 Å². The molecule has 0 aliphatic carbocycles. The van der Waals surface area contributed by atoms with E-state index < -0.39 is 0 Å². The maximum atomic E-state index is 5.86. The fraction of sp³-hybridized carbons (Fsp3) is 0.643. The van der Waals surface area contributed by atoms with Crippen molar-refractivity contribution in [1.82, 2.24) is 4.98 Å². The van der Waals surface area contributed by atoms with E-state index >= 15 is 0 Å². The second-order valence-electron chi connectivity index (χ2n) is 5.91. The van der Waals surface area contributed by atoms with Gasteiger partial charge in [-0.1, -0.05) is 13.8 Å². The first kappa shape index (κ1) is 14.6. The SMILES string of the molecule is CC(C)CCNc1ccc(N)c(OC(C)(C)C)n1. The summed E-state index contributed by atoms with van der Waals surface area (Å²) >= 11 is 0. The zero-order valence-electron chi connectivity index (χ0n) is 12.1. The summed E-state index contributed by atoms with van der Waals surface area (Å²) in [6.45, 7) is 11.2. The number of pyridine rings is 1. The van der Waals surface area contributed by atoms with Crippen molar-refractivity contribution in [3.8, 4) is 5.88 Å². The van der Waals surface area contributed by atoms with Gasteiger partial charge in [-0.2, -0.15) is 4.98 Å². The lowest BCUT2D eigenvalue weighted by molar-refractivity contribution is 0.125. The molecule has 0 amide bonds. The van der Waals surface area contributed by atoms with E-state index in [1.54, 1.807) is 0 Å². The van der Waals surface area contributed by atoms with Crippen LogP contribution in [0, 0.1) is 5.92 Å². The van der Waals surface area contributed by atoms with Gasteiger partial charge < -0.3 is 15.8 Å². The molecule has 3 N–H and O–H groups in total. The van der Waals surface area contributed by atoms with E-state index in [0.717, 1.165) is 18.8 Å². The third-order valence-corrected chi connectivity index (χ3v) is 2.32. The van der Waals surface area contributed by atoms with E-state index in [1.807, 2.05) is 32.9 Å². The van der Waals surface area contributed by atoms with Crippen molar-refractivity contribution in [2.45, 2.75) is 46.6 Å². The summed E-state index contributed by atoms with van der Waals surface area (Å²) in [6, 6.07) is 3.71. The molecule has 0 unspecified atom stereocenters. The van der Waals surface area contributed by atoms with Gasteiger partial charge in [0.2, 0.25) is 5.88 Å². The van der Waals surface area contributed by atoms with Crippen LogP contribution in [0.1, 0.15) is 41.0 Å². The molecule has 18 heavy (non-hydrogen) atoms. The molecule has 0 fully saturated rings. The summed E-state index contributed by atoms with van der Waals surface area (Å²) in [4.78, 5) is 4.40. The molecule has 0 radical (unpaired) electrons. The predicted octanol–water partition coefficient (Wildman–Crippen LogP) is 3.30. The van der Waals surface area contributed by atoms with Crippen molar-refractivity contribution in [2.24, 2.45) is 5.92 Å². The third-order valence-electron chi connectivity index (χ3n) is 2.32. The van der Waals surface area contributed by atoms with E-state index in [2.05, 4.69) is 24.1 Å². The molecule has 0 saturated heterocycles. The number of nitrogens with one attached hydrogen (secondary N) is 1. The van der Waals surface area contributed by atoms with Crippen molar-refractivity contribution in [3.63, 3.8) is 0 Å². The molecule has 1 heterocycles. The Kier molecular flexibility index (Phi) is 4.82. The lowest BCUT2D eigenvalue weighted by Crippen LogP contribution is -2.24. The number of hydrogen-bond acceptors (Lipinski definition) is 4. The molecule has 0 aliphatic heterocycles. The molecule has 1 aromatic rings. The fourth-order valence-corrected chi connectivity index (χ4v) is 1.41. The second-order valence-corrected chi connectivity index (χ2v) is 5.91. The number of hydrogen-bond donors (Lipinski definition) is 2. The number of anilines is 2. The van der Waals surface area contributed by atoms with Gasteiger partial charge in [-0.25, -0.2) is 0 Å². The van der Waals surface area contributed by atoms with Crippen LogP contribution in [0.3, 0.4) is 0 Å². The molecule has 0 aliphatic rings. The summed E-state index contributed by atoms with van der Waals surface area (Å²) in [5.74, 6) is 1.98. The van der Waals surface area contributed by atoms with Crippen LogP contribution in [0.25, 0.3) is 0 Å². The number of nitrogens with zero attached hydrogens (tertiary/aromatic N) is 1. The Bertz CT molecular complexity index is 383. The molecule has 4 nitrogen and oxygen atoms in total. The van der Waals surface area contributed by atoms with Crippen LogP contribution in [-0.4, -0.2) is 17.1 Å². The maximum Gasteiger partial charge on any atom is 0.239 e. The number of nitrogen functional groups attached to an aromatic ring is 1. The maximum absolute atomic E-state index is 5.86. The van der Waals surface area contributed by atoms with Crippen molar-refractivity contribution in [2.75, 3.05) is 17.6 Å². The van der Waals surface area contributed by atoms with Crippen LogP contribution in [0.4, 0.5) is 11.5 Å².